The number of piperidine rings is 1. The number of benzene rings is 2. The molecule has 0 unspecified atom stereocenters. The minimum atomic E-state index is -0.0847. The van der Waals surface area contributed by atoms with Crippen molar-refractivity contribution in [2.24, 2.45) is 0 Å². The fourth-order valence-corrected chi connectivity index (χ4v) is 4.02. The van der Waals surface area contributed by atoms with Crippen LogP contribution >= 0.6 is 0 Å². The number of methoxy groups -OCH3 is 1. The van der Waals surface area contributed by atoms with Gasteiger partial charge >= 0.3 is 6.03 Å². The molecule has 0 spiro atoms. The summed E-state index contributed by atoms with van der Waals surface area (Å²) in [6, 6.07) is 15.5. The first-order chi connectivity index (χ1) is 14.5. The molecule has 2 aromatic rings. The largest absolute Gasteiger partial charge is 0.497 e. The van der Waals surface area contributed by atoms with E-state index in [4.69, 9.17) is 4.74 Å². The van der Waals surface area contributed by atoms with Crippen LogP contribution < -0.4 is 15.4 Å². The summed E-state index contributed by atoms with van der Waals surface area (Å²) in [5.41, 5.74) is 2.81. The molecule has 0 radical (unpaired) electrons. The molecule has 1 heterocycles. The minimum absolute atomic E-state index is 0.0427. The lowest BCUT2D eigenvalue weighted by atomic mass is 9.89. The third kappa shape index (κ3) is 5.12. The van der Waals surface area contributed by atoms with Gasteiger partial charge in [-0.3, -0.25) is 4.79 Å². The van der Waals surface area contributed by atoms with E-state index in [-0.39, 0.29) is 23.9 Å². The molecule has 160 valence electrons. The summed E-state index contributed by atoms with van der Waals surface area (Å²) < 4.78 is 5.22. The zero-order valence-corrected chi connectivity index (χ0v) is 18.0. The molecule has 1 aliphatic rings. The third-order valence-corrected chi connectivity index (χ3v) is 5.77. The highest BCUT2D eigenvalue weighted by molar-refractivity contribution is 5.94. The molecule has 0 aliphatic carbocycles. The second kappa shape index (κ2) is 10.1. The molecule has 0 saturated carbocycles. The van der Waals surface area contributed by atoms with Crippen LogP contribution in [-0.4, -0.2) is 44.1 Å². The highest BCUT2D eigenvalue weighted by atomic mass is 16.5. The number of ether oxygens (including phenoxy) is 1. The Labute approximate surface area is 178 Å². The molecule has 1 aliphatic heterocycles. The van der Waals surface area contributed by atoms with Gasteiger partial charge in [-0.15, -0.1) is 0 Å². The van der Waals surface area contributed by atoms with Gasteiger partial charge in [0.25, 0.3) is 5.91 Å². The Morgan fingerprint density at radius 1 is 1.20 bits per heavy atom. The summed E-state index contributed by atoms with van der Waals surface area (Å²) >= 11 is 0. The standard InChI is InChI=1S/C24H31N3O3/c1-4-22(17-10-12-21(30-3)13-11-17)26-23(28)19-8-5-7-18(15-19)20-9-6-14-27(16-20)24(29)25-2/h5,7-8,10-13,15,20,22H,4,6,9,14,16H2,1-3H3,(H,25,29)(H,26,28)/t20-,22-/m0/s1. The number of nitrogens with one attached hydrogen (secondary N) is 2. The maximum Gasteiger partial charge on any atom is 0.317 e. The van der Waals surface area contributed by atoms with Crippen LogP contribution in [0, 0.1) is 0 Å². The van der Waals surface area contributed by atoms with Crippen LogP contribution in [0.5, 0.6) is 5.75 Å². The molecule has 6 nitrogen and oxygen atoms in total. The van der Waals surface area contributed by atoms with Gasteiger partial charge < -0.3 is 20.3 Å². The number of urea groups is 1. The van der Waals surface area contributed by atoms with Gasteiger partial charge in [0.05, 0.1) is 13.2 Å². The monoisotopic (exact) mass is 409 g/mol. The summed E-state index contributed by atoms with van der Waals surface area (Å²) in [5, 5.41) is 5.85. The quantitative estimate of drug-likeness (QED) is 0.755. The molecule has 1 fully saturated rings. The Morgan fingerprint density at radius 3 is 2.63 bits per heavy atom. The summed E-state index contributed by atoms with van der Waals surface area (Å²) in [6.45, 7) is 3.51. The van der Waals surface area contributed by atoms with Crippen molar-refractivity contribution in [3.63, 3.8) is 0 Å². The molecule has 0 bridgehead atoms. The zero-order valence-electron chi connectivity index (χ0n) is 18.0. The van der Waals surface area contributed by atoms with Crippen LogP contribution in [0.1, 0.15) is 59.6 Å². The van der Waals surface area contributed by atoms with E-state index in [1.165, 1.54) is 0 Å². The van der Waals surface area contributed by atoms with E-state index in [2.05, 4.69) is 23.6 Å². The molecule has 2 atom stereocenters. The van der Waals surface area contributed by atoms with Gasteiger partial charge in [-0.05, 0) is 54.7 Å². The molecule has 0 aromatic heterocycles. The molecule has 3 amide bonds. The highest BCUT2D eigenvalue weighted by Gasteiger charge is 2.25. The van der Waals surface area contributed by atoms with E-state index >= 15 is 0 Å². The van der Waals surface area contributed by atoms with Crippen LogP contribution in [0.2, 0.25) is 0 Å². The number of rotatable bonds is 6. The molecule has 6 heteroatoms. The lowest BCUT2D eigenvalue weighted by Crippen LogP contribution is -2.43. The molecule has 2 aromatic carbocycles. The molecule has 1 saturated heterocycles. The maximum atomic E-state index is 13.0. The molecular formula is C24H31N3O3. The summed E-state index contributed by atoms with van der Waals surface area (Å²) in [6.07, 6.45) is 2.77. The Bertz CT molecular complexity index is 866. The van der Waals surface area contributed by atoms with Gasteiger partial charge in [-0.2, -0.15) is 0 Å². The SMILES string of the molecule is CC[C@H](NC(=O)c1cccc([C@H]2CCCN(C(=O)NC)C2)c1)c1ccc(OC)cc1. The van der Waals surface area contributed by atoms with E-state index in [1.807, 2.05) is 47.4 Å². The average molecular weight is 410 g/mol. The Kier molecular flexibility index (Phi) is 7.33. The Hall–Kier alpha value is -3.02. The average Bonchev–Trinajstić information content (AvgIpc) is 2.82. The minimum Gasteiger partial charge on any atom is -0.497 e. The van der Waals surface area contributed by atoms with Crippen molar-refractivity contribution in [1.29, 1.82) is 0 Å². The number of likely N-dealkylation sites (tertiary alicyclic amines) is 1. The van der Waals surface area contributed by atoms with Crippen molar-refractivity contribution in [2.75, 3.05) is 27.2 Å². The van der Waals surface area contributed by atoms with Gasteiger partial charge in [0.15, 0.2) is 0 Å². The number of hydrogen-bond acceptors (Lipinski definition) is 3. The van der Waals surface area contributed by atoms with Crippen molar-refractivity contribution in [3.8, 4) is 5.75 Å². The van der Waals surface area contributed by atoms with Crippen LogP contribution in [-0.2, 0) is 0 Å². The Balaban J connectivity index is 1.71. The van der Waals surface area contributed by atoms with Crippen molar-refractivity contribution < 1.29 is 14.3 Å². The van der Waals surface area contributed by atoms with Crippen LogP contribution in [0.4, 0.5) is 4.79 Å². The molecular weight excluding hydrogens is 378 g/mol. The Morgan fingerprint density at radius 2 is 1.97 bits per heavy atom. The number of amides is 3. The second-order valence-corrected chi connectivity index (χ2v) is 7.67. The molecule has 3 rings (SSSR count). The third-order valence-electron chi connectivity index (χ3n) is 5.77. The summed E-state index contributed by atoms with van der Waals surface area (Å²) in [7, 11) is 3.30. The smallest absolute Gasteiger partial charge is 0.317 e. The van der Waals surface area contributed by atoms with Crippen molar-refractivity contribution in [3.05, 3.63) is 65.2 Å². The number of carbonyl (C=O) groups is 2. The summed E-state index contributed by atoms with van der Waals surface area (Å²) in [4.78, 5) is 26.8. The predicted molar refractivity (Wildman–Crippen MR) is 118 cm³/mol. The number of hydrogen-bond donors (Lipinski definition) is 2. The normalized spacial score (nSPS) is 17.2. The maximum absolute atomic E-state index is 13.0. The first-order valence-corrected chi connectivity index (χ1v) is 10.6. The van der Waals surface area contributed by atoms with Gasteiger partial charge in [0, 0.05) is 31.6 Å². The van der Waals surface area contributed by atoms with Gasteiger partial charge in [0.1, 0.15) is 5.75 Å². The highest BCUT2D eigenvalue weighted by Crippen LogP contribution is 2.28. The molecule has 2 N–H and O–H groups in total. The van der Waals surface area contributed by atoms with E-state index in [1.54, 1.807) is 14.2 Å². The van der Waals surface area contributed by atoms with E-state index in [0.717, 1.165) is 42.7 Å². The lowest BCUT2D eigenvalue weighted by molar-refractivity contribution is 0.0935. The topological polar surface area (TPSA) is 70.7 Å². The van der Waals surface area contributed by atoms with E-state index < -0.39 is 0 Å². The van der Waals surface area contributed by atoms with E-state index in [0.29, 0.717) is 12.1 Å². The van der Waals surface area contributed by atoms with Crippen molar-refractivity contribution in [2.45, 2.75) is 38.1 Å². The van der Waals surface area contributed by atoms with Crippen molar-refractivity contribution >= 4 is 11.9 Å². The second-order valence-electron chi connectivity index (χ2n) is 7.67. The fraction of sp³-hybridized carbons (Fsp3) is 0.417. The predicted octanol–water partition coefficient (Wildman–Crippen LogP) is 4.10. The van der Waals surface area contributed by atoms with Gasteiger partial charge in [-0.1, -0.05) is 31.2 Å². The summed E-state index contributed by atoms with van der Waals surface area (Å²) in [5.74, 6) is 0.955. The first kappa shape index (κ1) is 21.7. The lowest BCUT2D eigenvalue weighted by Gasteiger charge is -2.32. The van der Waals surface area contributed by atoms with E-state index in [9.17, 15) is 9.59 Å². The number of nitrogens with zero attached hydrogens (tertiary/aromatic N) is 1. The molecule has 30 heavy (non-hydrogen) atoms. The van der Waals surface area contributed by atoms with Gasteiger partial charge in [0.2, 0.25) is 0 Å². The fourth-order valence-electron chi connectivity index (χ4n) is 4.02. The van der Waals surface area contributed by atoms with Crippen LogP contribution in [0.15, 0.2) is 48.5 Å². The van der Waals surface area contributed by atoms with Crippen LogP contribution in [0.3, 0.4) is 0 Å². The zero-order chi connectivity index (χ0) is 21.5. The van der Waals surface area contributed by atoms with Gasteiger partial charge in [-0.25, -0.2) is 4.79 Å². The van der Waals surface area contributed by atoms with Crippen molar-refractivity contribution in [1.82, 2.24) is 15.5 Å². The number of carbonyl (C=O) groups excluding carboxylic acids is 2. The van der Waals surface area contributed by atoms with Crippen LogP contribution in [0.25, 0.3) is 0 Å². The first-order valence-electron chi connectivity index (χ1n) is 10.6.